The largest absolute Gasteiger partial charge is 0.310 e. The van der Waals surface area contributed by atoms with Gasteiger partial charge in [0.05, 0.1) is 5.69 Å². The Morgan fingerprint density at radius 3 is 2.67 bits per heavy atom. The number of aromatic nitrogens is 1. The van der Waals surface area contributed by atoms with Crippen LogP contribution in [0.3, 0.4) is 0 Å². The Kier molecular flexibility index (Phi) is 4.05. The predicted octanol–water partition coefficient (Wildman–Crippen LogP) is 4.06. The zero-order chi connectivity index (χ0) is 13.2. The summed E-state index contributed by atoms with van der Waals surface area (Å²) in [6, 6.07) is 3.76. The van der Waals surface area contributed by atoms with E-state index in [1.165, 1.54) is 0 Å². The third-order valence-corrected chi connectivity index (χ3v) is 4.82. The summed E-state index contributed by atoms with van der Waals surface area (Å²) < 4.78 is 0.964. The average molecular weight is 311 g/mol. The first-order valence-corrected chi connectivity index (χ1v) is 7.31. The minimum atomic E-state index is -0.164. The maximum atomic E-state index is 12.4. The molecule has 0 bridgehead atoms. The third kappa shape index (κ3) is 2.58. The second kappa shape index (κ2) is 5.39. The fourth-order valence-corrected chi connectivity index (χ4v) is 2.88. The van der Waals surface area contributed by atoms with Gasteiger partial charge in [0.1, 0.15) is 5.82 Å². The van der Waals surface area contributed by atoms with E-state index in [9.17, 15) is 4.79 Å². The van der Waals surface area contributed by atoms with E-state index < -0.39 is 0 Å². The van der Waals surface area contributed by atoms with Gasteiger partial charge in [-0.25, -0.2) is 4.98 Å². The number of rotatable bonds is 3. The van der Waals surface area contributed by atoms with Gasteiger partial charge in [0.25, 0.3) is 0 Å². The summed E-state index contributed by atoms with van der Waals surface area (Å²) in [5.74, 6) is 0.789. The summed E-state index contributed by atoms with van der Waals surface area (Å²) in [5, 5.41) is 2.97. The summed E-state index contributed by atoms with van der Waals surface area (Å²) in [5.41, 5.74) is 0.729. The quantitative estimate of drug-likeness (QED) is 0.914. The first kappa shape index (κ1) is 13.5. The lowest BCUT2D eigenvalue weighted by Crippen LogP contribution is -2.33. The number of aryl methyl sites for hydroxylation is 1. The topological polar surface area (TPSA) is 42.0 Å². The van der Waals surface area contributed by atoms with E-state index in [1.54, 1.807) is 0 Å². The van der Waals surface area contributed by atoms with Crippen molar-refractivity contribution in [3.05, 3.63) is 22.3 Å². The molecule has 0 unspecified atom stereocenters. The SMILES string of the molecule is CCC1(C(=O)Nc2ccc(Br)c(C)n2)CCCC1. The Bertz CT molecular complexity index is 453. The van der Waals surface area contributed by atoms with Crippen LogP contribution in [0.2, 0.25) is 0 Å². The molecule has 1 aromatic rings. The van der Waals surface area contributed by atoms with Gasteiger partial charge in [-0.15, -0.1) is 0 Å². The lowest BCUT2D eigenvalue weighted by Gasteiger charge is -2.25. The minimum absolute atomic E-state index is 0.136. The molecule has 0 aliphatic heterocycles. The molecule has 0 atom stereocenters. The fraction of sp³-hybridized carbons (Fsp3) is 0.571. The molecule has 98 valence electrons. The van der Waals surface area contributed by atoms with Crippen molar-refractivity contribution in [2.45, 2.75) is 46.0 Å². The summed E-state index contributed by atoms with van der Waals surface area (Å²) in [7, 11) is 0. The zero-order valence-electron chi connectivity index (χ0n) is 10.9. The van der Waals surface area contributed by atoms with Crippen LogP contribution in [0.15, 0.2) is 16.6 Å². The molecule has 1 aliphatic carbocycles. The molecule has 1 heterocycles. The van der Waals surface area contributed by atoms with Crippen molar-refractivity contribution in [3.63, 3.8) is 0 Å². The second-order valence-electron chi connectivity index (χ2n) is 5.06. The Morgan fingerprint density at radius 1 is 1.44 bits per heavy atom. The highest BCUT2D eigenvalue weighted by molar-refractivity contribution is 9.10. The monoisotopic (exact) mass is 310 g/mol. The van der Waals surface area contributed by atoms with E-state index in [4.69, 9.17) is 0 Å². The maximum absolute atomic E-state index is 12.4. The highest BCUT2D eigenvalue weighted by Gasteiger charge is 2.39. The van der Waals surface area contributed by atoms with E-state index >= 15 is 0 Å². The summed E-state index contributed by atoms with van der Waals surface area (Å²) in [4.78, 5) is 16.8. The number of amides is 1. The Hall–Kier alpha value is -0.900. The molecule has 2 rings (SSSR count). The van der Waals surface area contributed by atoms with Crippen molar-refractivity contribution in [2.24, 2.45) is 5.41 Å². The van der Waals surface area contributed by atoms with Gasteiger partial charge in [-0.3, -0.25) is 4.79 Å². The predicted molar refractivity (Wildman–Crippen MR) is 76.5 cm³/mol. The molecule has 1 fully saturated rings. The van der Waals surface area contributed by atoms with Crippen molar-refractivity contribution in [2.75, 3.05) is 5.32 Å². The molecule has 1 aromatic heterocycles. The van der Waals surface area contributed by atoms with Gasteiger partial charge >= 0.3 is 0 Å². The number of anilines is 1. The molecule has 0 spiro atoms. The Morgan fingerprint density at radius 2 is 2.11 bits per heavy atom. The number of carbonyl (C=O) groups excluding carboxylic acids is 1. The van der Waals surface area contributed by atoms with Crippen LogP contribution in [-0.2, 0) is 4.79 Å². The van der Waals surface area contributed by atoms with Crippen LogP contribution in [-0.4, -0.2) is 10.9 Å². The second-order valence-corrected chi connectivity index (χ2v) is 5.91. The number of carbonyl (C=O) groups is 1. The first-order valence-electron chi connectivity index (χ1n) is 6.52. The summed E-state index contributed by atoms with van der Waals surface area (Å²) >= 11 is 3.41. The number of halogens is 1. The molecule has 1 saturated carbocycles. The van der Waals surface area contributed by atoms with Crippen LogP contribution >= 0.6 is 15.9 Å². The molecule has 18 heavy (non-hydrogen) atoms. The van der Waals surface area contributed by atoms with Gasteiger partial charge in [-0.1, -0.05) is 19.8 Å². The van der Waals surface area contributed by atoms with Gasteiger partial charge in [0, 0.05) is 9.89 Å². The molecule has 1 N–H and O–H groups in total. The van der Waals surface area contributed by atoms with E-state index in [0.717, 1.165) is 42.3 Å². The number of hydrogen-bond acceptors (Lipinski definition) is 2. The maximum Gasteiger partial charge on any atom is 0.231 e. The Labute approximate surface area is 117 Å². The average Bonchev–Trinajstić information content (AvgIpc) is 2.84. The van der Waals surface area contributed by atoms with Crippen LogP contribution in [0.1, 0.15) is 44.7 Å². The molecule has 0 aromatic carbocycles. The molecule has 0 saturated heterocycles. The Balaban J connectivity index is 2.13. The molecular weight excluding hydrogens is 292 g/mol. The lowest BCUT2D eigenvalue weighted by molar-refractivity contribution is -0.125. The van der Waals surface area contributed by atoms with Crippen LogP contribution in [0.4, 0.5) is 5.82 Å². The van der Waals surface area contributed by atoms with Gasteiger partial charge < -0.3 is 5.32 Å². The summed E-state index contributed by atoms with van der Waals surface area (Å²) in [6.45, 7) is 4.02. The highest BCUT2D eigenvalue weighted by atomic mass is 79.9. The first-order chi connectivity index (χ1) is 8.57. The van der Waals surface area contributed by atoms with Gasteiger partial charge in [-0.2, -0.15) is 0 Å². The number of hydrogen-bond donors (Lipinski definition) is 1. The van der Waals surface area contributed by atoms with Gasteiger partial charge in [-0.05, 0) is 54.2 Å². The number of pyridine rings is 1. The van der Waals surface area contributed by atoms with Crippen molar-refractivity contribution in [1.29, 1.82) is 0 Å². The van der Waals surface area contributed by atoms with Gasteiger partial charge in [0.2, 0.25) is 5.91 Å². The molecule has 1 aliphatic rings. The van der Waals surface area contributed by atoms with E-state index in [-0.39, 0.29) is 11.3 Å². The minimum Gasteiger partial charge on any atom is -0.310 e. The molecule has 0 radical (unpaired) electrons. The van der Waals surface area contributed by atoms with Crippen molar-refractivity contribution >= 4 is 27.7 Å². The van der Waals surface area contributed by atoms with Crippen LogP contribution in [0, 0.1) is 12.3 Å². The van der Waals surface area contributed by atoms with E-state index in [1.807, 2.05) is 19.1 Å². The third-order valence-electron chi connectivity index (χ3n) is 3.98. The smallest absolute Gasteiger partial charge is 0.231 e. The number of nitrogens with one attached hydrogen (secondary N) is 1. The van der Waals surface area contributed by atoms with Crippen LogP contribution in [0.5, 0.6) is 0 Å². The van der Waals surface area contributed by atoms with E-state index in [0.29, 0.717) is 5.82 Å². The van der Waals surface area contributed by atoms with Gasteiger partial charge in [0.15, 0.2) is 0 Å². The molecule has 4 heteroatoms. The fourth-order valence-electron chi connectivity index (χ4n) is 2.66. The zero-order valence-corrected chi connectivity index (χ0v) is 12.5. The normalized spacial score (nSPS) is 17.7. The van der Waals surface area contributed by atoms with Crippen molar-refractivity contribution in [1.82, 2.24) is 4.98 Å². The van der Waals surface area contributed by atoms with E-state index in [2.05, 4.69) is 33.2 Å². The van der Waals surface area contributed by atoms with Crippen molar-refractivity contribution < 1.29 is 4.79 Å². The van der Waals surface area contributed by atoms with Crippen LogP contribution < -0.4 is 5.32 Å². The van der Waals surface area contributed by atoms with Crippen LogP contribution in [0.25, 0.3) is 0 Å². The molecular formula is C14H19BrN2O. The standard InChI is InChI=1S/C14H19BrN2O/c1-3-14(8-4-5-9-14)13(18)17-12-7-6-11(15)10(2)16-12/h6-7H,3-5,8-9H2,1-2H3,(H,16,17,18). The lowest BCUT2D eigenvalue weighted by atomic mass is 9.82. The highest BCUT2D eigenvalue weighted by Crippen LogP contribution is 2.41. The summed E-state index contributed by atoms with van der Waals surface area (Å²) in [6.07, 6.45) is 5.24. The number of nitrogens with zero attached hydrogens (tertiary/aromatic N) is 1. The van der Waals surface area contributed by atoms with Crippen molar-refractivity contribution in [3.8, 4) is 0 Å². The molecule has 3 nitrogen and oxygen atoms in total. The molecule has 1 amide bonds.